The van der Waals surface area contributed by atoms with Gasteiger partial charge < -0.3 is 9.15 Å². The van der Waals surface area contributed by atoms with Crippen LogP contribution in [-0.4, -0.2) is 81.9 Å². The van der Waals surface area contributed by atoms with Crippen molar-refractivity contribution in [3.8, 4) is 11.5 Å². The molecule has 0 bridgehead atoms. The van der Waals surface area contributed by atoms with E-state index < -0.39 is 26.0 Å². The van der Waals surface area contributed by atoms with Crippen molar-refractivity contribution >= 4 is 32.0 Å². The monoisotopic (exact) mass is 521 g/mol. The van der Waals surface area contributed by atoms with Crippen molar-refractivity contribution in [2.24, 2.45) is 0 Å². The molecule has 0 saturated carbocycles. The molecular formula is C21H23N5O7S2. The largest absolute Gasteiger partial charge is 0.403 e. The first kappa shape index (κ1) is 24.9. The number of sulfonamides is 2. The minimum Gasteiger partial charge on any atom is -0.403 e. The maximum atomic E-state index is 12.7. The minimum absolute atomic E-state index is 0.0794. The fourth-order valence-corrected chi connectivity index (χ4v) is 5.56. The van der Waals surface area contributed by atoms with E-state index in [1.54, 1.807) is 0 Å². The molecule has 186 valence electrons. The molecule has 4 rings (SSSR count). The van der Waals surface area contributed by atoms with Crippen LogP contribution in [0.5, 0.6) is 0 Å². The van der Waals surface area contributed by atoms with Crippen molar-refractivity contribution in [1.29, 1.82) is 0 Å². The molecule has 3 aromatic rings. The average molecular weight is 522 g/mol. The highest BCUT2D eigenvalue weighted by atomic mass is 32.2. The first-order chi connectivity index (χ1) is 16.6. The first-order valence-corrected chi connectivity index (χ1v) is 13.3. The van der Waals surface area contributed by atoms with E-state index in [0.29, 0.717) is 18.8 Å². The predicted octanol–water partition coefficient (Wildman–Crippen LogP) is 1.26. The van der Waals surface area contributed by atoms with E-state index in [9.17, 15) is 21.6 Å². The van der Waals surface area contributed by atoms with Crippen LogP contribution in [0.1, 0.15) is 10.4 Å². The van der Waals surface area contributed by atoms with Gasteiger partial charge in [-0.25, -0.2) is 21.1 Å². The van der Waals surface area contributed by atoms with Crippen LogP contribution >= 0.6 is 0 Å². The molecule has 0 spiro atoms. The quantitative estimate of drug-likeness (QED) is 0.484. The molecule has 1 saturated heterocycles. The highest BCUT2D eigenvalue weighted by Gasteiger charge is 2.26. The lowest BCUT2D eigenvalue weighted by molar-refractivity contribution is 0.0730. The molecule has 1 amide bonds. The summed E-state index contributed by atoms with van der Waals surface area (Å²) in [5, 5.41) is 10.1. The van der Waals surface area contributed by atoms with Crippen molar-refractivity contribution in [2.75, 3.05) is 45.7 Å². The van der Waals surface area contributed by atoms with Crippen LogP contribution in [0.4, 0.5) is 6.01 Å². The molecule has 12 nitrogen and oxygen atoms in total. The maximum absolute atomic E-state index is 12.7. The number of morpholine rings is 1. The van der Waals surface area contributed by atoms with Gasteiger partial charge >= 0.3 is 6.01 Å². The Bertz CT molecular complexity index is 1410. The van der Waals surface area contributed by atoms with Gasteiger partial charge in [-0.05, 0) is 48.5 Å². The van der Waals surface area contributed by atoms with E-state index in [4.69, 9.17) is 9.15 Å². The van der Waals surface area contributed by atoms with Gasteiger partial charge in [-0.3, -0.25) is 10.1 Å². The lowest BCUT2D eigenvalue weighted by Crippen LogP contribution is -2.40. The number of carbonyl (C=O) groups excluding carboxylic acids is 1. The molecule has 0 radical (unpaired) electrons. The molecule has 2 heterocycles. The Balaban J connectivity index is 1.44. The van der Waals surface area contributed by atoms with Gasteiger partial charge in [0.1, 0.15) is 0 Å². The molecule has 35 heavy (non-hydrogen) atoms. The minimum atomic E-state index is -3.67. The molecule has 0 unspecified atom stereocenters. The number of aromatic nitrogens is 2. The van der Waals surface area contributed by atoms with Gasteiger partial charge in [0, 0.05) is 38.3 Å². The van der Waals surface area contributed by atoms with E-state index in [0.717, 1.165) is 4.31 Å². The zero-order valence-corrected chi connectivity index (χ0v) is 20.5. The van der Waals surface area contributed by atoms with Crippen molar-refractivity contribution in [2.45, 2.75) is 9.79 Å². The third-order valence-corrected chi connectivity index (χ3v) is 8.99. The normalized spacial score (nSPS) is 15.3. The summed E-state index contributed by atoms with van der Waals surface area (Å²) < 4.78 is 62.9. The summed E-state index contributed by atoms with van der Waals surface area (Å²) in [5.41, 5.74) is 0.664. The lowest BCUT2D eigenvalue weighted by Gasteiger charge is -2.26. The summed E-state index contributed by atoms with van der Waals surface area (Å²) in [4.78, 5) is 12.7. The van der Waals surface area contributed by atoms with Crippen LogP contribution in [0.25, 0.3) is 11.5 Å². The summed E-state index contributed by atoms with van der Waals surface area (Å²) in [6.45, 7) is 1.23. The summed E-state index contributed by atoms with van der Waals surface area (Å²) in [6.07, 6.45) is 0. The summed E-state index contributed by atoms with van der Waals surface area (Å²) in [6, 6.07) is 11.2. The fraction of sp³-hybridized carbons (Fsp3) is 0.286. The van der Waals surface area contributed by atoms with Gasteiger partial charge in [-0.1, -0.05) is 5.10 Å². The molecule has 1 aromatic heterocycles. The molecule has 1 aliphatic heterocycles. The lowest BCUT2D eigenvalue weighted by atomic mass is 10.2. The number of hydrogen-bond donors (Lipinski definition) is 1. The molecule has 1 aliphatic rings. The highest BCUT2D eigenvalue weighted by Crippen LogP contribution is 2.23. The third-order valence-electron chi connectivity index (χ3n) is 5.25. The number of carbonyl (C=O) groups is 1. The Morgan fingerprint density at radius 3 is 2.11 bits per heavy atom. The van der Waals surface area contributed by atoms with Crippen LogP contribution < -0.4 is 5.32 Å². The topological polar surface area (TPSA) is 152 Å². The van der Waals surface area contributed by atoms with Crippen molar-refractivity contribution < 1.29 is 30.8 Å². The van der Waals surface area contributed by atoms with E-state index in [-0.39, 0.29) is 40.3 Å². The molecule has 0 aliphatic carbocycles. The molecule has 1 fully saturated rings. The van der Waals surface area contributed by atoms with Gasteiger partial charge in [0.15, 0.2) is 0 Å². The van der Waals surface area contributed by atoms with Crippen molar-refractivity contribution in [3.63, 3.8) is 0 Å². The van der Waals surface area contributed by atoms with Crippen LogP contribution in [0.3, 0.4) is 0 Å². The van der Waals surface area contributed by atoms with Gasteiger partial charge in [-0.15, -0.1) is 5.10 Å². The number of benzene rings is 2. The fourth-order valence-electron chi connectivity index (χ4n) is 3.25. The van der Waals surface area contributed by atoms with Crippen LogP contribution in [-0.2, 0) is 24.8 Å². The second kappa shape index (κ2) is 9.83. The van der Waals surface area contributed by atoms with Crippen LogP contribution in [0.15, 0.2) is 62.7 Å². The third kappa shape index (κ3) is 5.26. The predicted molar refractivity (Wildman–Crippen MR) is 125 cm³/mol. The highest BCUT2D eigenvalue weighted by molar-refractivity contribution is 7.89. The Hall–Kier alpha value is -3.17. The van der Waals surface area contributed by atoms with Gasteiger partial charge in [-0.2, -0.15) is 4.31 Å². The van der Waals surface area contributed by atoms with Gasteiger partial charge in [0.05, 0.1) is 23.0 Å². The van der Waals surface area contributed by atoms with E-state index in [1.807, 2.05) is 0 Å². The number of hydrogen-bond acceptors (Lipinski definition) is 9. The molecular weight excluding hydrogens is 498 g/mol. The maximum Gasteiger partial charge on any atom is 0.322 e. The number of anilines is 1. The van der Waals surface area contributed by atoms with Crippen LogP contribution in [0, 0.1) is 0 Å². The molecule has 2 aromatic carbocycles. The standard InChI is InChI=1S/C21H23N5O7S2/c1-25(2)34(28,29)17-9-5-16(6-10-17)20-23-24-21(33-20)22-19(27)15-3-7-18(8-4-15)35(30,31)26-11-13-32-14-12-26/h3-10H,11-14H2,1-2H3,(H,22,24,27). The number of rotatable bonds is 7. The van der Waals surface area contributed by atoms with Crippen molar-refractivity contribution in [3.05, 3.63) is 54.1 Å². The molecule has 14 heteroatoms. The summed E-state index contributed by atoms with van der Waals surface area (Å²) >= 11 is 0. The molecule has 0 atom stereocenters. The van der Waals surface area contributed by atoms with Crippen LogP contribution in [0.2, 0.25) is 0 Å². The number of nitrogens with one attached hydrogen (secondary N) is 1. The average Bonchev–Trinajstić information content (AvgIpc) is 3.33. The second-order valence-electron chi connectivity index (χ2n) is 7.72. The summed E-state index contributed by atoms with van der Waals surface area (Å²) in [7, 11) is -4.37. The SMILES string of the molecule is CN(C)S(=O)(=O)c1ccc(-c2nnc(NC(=O)c3ccc(S(=O)(=O)N4CCOCC4)cc3)o2)cc1. The second-order valence-corrected chi connectivity index (χ2v) is 11.8. The summed E-state index contributed by atoms with van der Waals surface area (Å²) in [5.74, 6) is -0.482. The van der Waals surface area contributed by atoms with E-state index in [1.165, 1.54) is 66.9 Å². The van der Waals surface area contributed by atoms with Crippen molar-refractivity contribution in [1.82, 2.24) is 18.8 Å². The Morgan fingerprint density at radius 2 is 1.51 bits per heavy atom. The zero-order valence-electron chi connectivity index (χ0n) is 18.9. The smallest absolute Gasteiger partial charge is 0.322 e. The number of nitrogens with zero attached hydrogens (tertiary/aromatic N) is 4. The molecule has 1 N–H and O–H groups in total. The number of amides is 1. The van der Waals surface area contributed by atoms with E-state index in [2.05, 4.69) is 15.5 Å². The first-order valence-electron chi connectivity index (χ1n) is 10.4. The Labute approximate surface area is 202 Å². The van der Waals surface area contributed by atoms with E-state index >= 15 is 0 Å². The Morgan fingerprint density at radius 1 is 0.914 bits per heavy atom. The van der Waals surface area contributed by atoms with Gasteiger partial charge in [0.2, 0.25) is 25.9 Å². The number of ether oxygens (including phenoxy) is 1. The van der Waals surface area contributed by atoms with Gasteiger partial charge in [0.25, 0.3) is 5.91 Å². The Kier molecular flexibility index (Phi) is 7.00. The zero-order chi connectivity index (χ0) is 25.2.